The third kappa shape index (κ3) is 1.26. The zero-order chi connectivity index (χ0) is 10.3. The number of rotatable bonds is 1. The van der Waals surface area contributed by atoms with Crippen molar-refractivity contribution in [2.45, 2.75) is 32.9 Å². The van der Waals surface area contributed by atoms with Crippen molar-refractivity contribution in [2.24, 2.45) is 0 Å². The molecule has 1 unspecified atom stereocenters. The molecule has 1 aromatic heterocycles. The zero-order valence-corrected chi connectivity index (χ0v) is 8.91. The molecule has 4 nitrogen and oxygen atoms in total. The highest BCUT2D eigenvalue weighted by molar-refractivity contribution is 5.45. The Morgan fingerprint density at radius 1 is 1.50 bits per heavy atom. The Kier molecular flexibility index (Phi) is 2.15. The summed E-state index contributed by atoms with van der Waals surface area (Å²) in [6, 6.07) is 0.411. The van der Waals surface area contributed by atoms with Crippen LogP contribution in [0.2, 0.25) is 0 Å². The number of fused-ring (bicyclic) bond motifs is 1. The number of aryl methyl sites for hydroxylation is 1. The molecule has 0 spiro atoms. The topological polar surface area (TPSA) is 55.0 Å². The molecule has 0 aliphatic carbocycles. The number of nitrogens with zero attached hydrogens (tertiary/aromatic N) is 3. The summed E-state index contributed by atoms with van der Waals surface area (Å²) in [6.07, 6.45) is 1.07. The number of hydrogen-bond acceptors (Lipinski definition) is 4. The van der Waals surface area contributed by atoms with Crippen LogP contribution in [0.4, 0.5) is 5.82 Å². The van der Waals surface area contributed by atoms with Crippen molar-refractivity contribution in [3.8, 4) is 0 Å². The van der Waals surface area contributed by atoms with Crippen LogP contribution in [0.3, 0.4) is 0 Å². The minimum absolute atomic E-state index is 0.411. The Morgan fingerprint density at radius 3 is 2.86 bits per heavy atom. The maximum Gasteiger partial charge on any atom is 0.131 e. The first-order valence-electron chi connectivity index (χ1n) is 4.96. The minimum atomic E-state index is 0.411. The van der Waals surface area contributed by atoms with E-state index in [4.69, 9.17) is 5.73 Å². The maximum absolute atomic E-state index is 5.87. The van der Waals surface area contributed by atoms with E-state index in [1.165, 1.54) is 0 Å². The molecule has 0 saturated heterocycles. The molecule has 1 aliphatic rings. The highest BCUT2D eigenvalue weighted by atomic mass is 15.2. The lowest BCUT2D eigenvalue weighted by molar-refractivity contribution is 0.259. The molecule has 2 rings (SSSR count). The molecule has 2 N–H and O–H groups in total. The summed E-state index contributed by atoms with van der Waals surface area (Å²) in [6.45, 7) is 4.94. The number of nitrogen functional groups attached to an aromatic ring is 1. The maximum atomic E-state index is 5.87. The fraction of sp³-hybridized carbons (Fsp3) is 0.600. The average molecular weight is 192 g/mol. The van der Waals surface area contributed by atoms with Gasteiger partial charge in [0.1, 0.15) is 11.6 Å². The predicted octanol–water partition coefficient (Wildman–Crippen LogP) is 1.26. The molecule has 14 heavy (non-hydrogen) atoms. The van der Waals surface area contributed by atoms with Gasteiger partial charge in [-0.3, -0.25) is 4.90 Å². The second-order valence-electron chi connectivity index (χ2n) is 3.86. The molecule has 76 valence electrons. The average Bonchev–Trinajstić information content (AvgIpc) is 2.41. The molecular formula is C10H16N4. The van der Waals surface area contributed by atoms with Gasteiger partial charge in [0, 0.05) is 12.1 Å². The quantitative estimate of drug-likeness (QED) is 0.728. The third-order valence-electron chi connectivity index (χ3n) is 2.82. The van der Waals surface area contributed by atoms with Crippen LogP contribution in [0.15, 0.2) is 0 Å². The predicted molar refractivity (Wildman–Crippen MR) is 55.7 cm³/mol. The van der Waals surface area contributed by atoms with E-state index in [0.717, 1.165) is 30.0 Å². The molecule has 0 saturated carbocycles. The van der Waals surface area contributed by atoms with Gasteiger partial charge in [-0.1, -0.05) is 6.92 Å². The van der Waals surface area contributed by atoms with Gasteiger partial charge in [-0.15, -0.1) is 0 Å². The molecular weight excluding hydrogens is 176 g/mol. The summed E-state index contributed by atoms with van der Waals surface area (Å²) < 4.78 is 0. The van der Waals surface area contributed by atoms with Crippen LogP contribution in [-0.2, 0) is 6.54 Å². The Labute approximate surface area is 84.2 Å². The van der Waals surface area contributed by atoms with Crippen LogP contribution in [-0.4, -0.2) is 21.9 Å². The van der Waals surface area contributed by atoms with E-state index in [9.17, 15) is 0 Å². The van der Waals surface area contributed by atoms with Crippen LogP contribution in [0.1, 0.15) is 36.5 Å². The lowest BCUT2D eigenvalue weighted by atomic mass is 10.1. The van der Waals surface area contributed by atoms with Crippen molar-refractivity contribution in [3.05, 3.63) is 17.1 Å². The largest absolute Gasteiger partial charge is 0.383 e. The van der Waals surface area contributed by atoms with E-state index in [-0.39, 0.29) is 0 Å². The Bertz CT molecular complexity index is 361. The lowest BCUT2D eigenvalue weighted by Crippen LogP contribution is -2.15. The van der Waals surface area contributed by atoms with Crippen molar-refractivity contribution in [2.75, 3.05) is 12.8 Å². The van der Waals surface area contributed by atoms with Gasteiger partial charge in [0.15, 0.2) is 0 Å². The summed E-state index contributed by atoms with van der Waals surface area (Å²) in [5.74, 6) is 1.42. The van der Waals surface area contributed by atoms with Gasteiger partial charge in [-0.2, -0.15) is 0 Å². The van der Waals surface area contributed by atoms with Crippen molar-refractivity contribution in [3.63, 3.8) is 0 Å². The Hall–Kier alpha value is -1.16. The standard InChI is InChI=1S/C10H16N4/c1-4-8-9-7(5-14(8)3)10(11)13-6(2)12-9/h8H,4-5H2,1-3H3,(H2,11,12,13). The normalized spacial score (nSPS) is 21.2. The molecule has 0 aromatic carbocycles. The third-order valence-corrected chi connectivity index (χ3v) is 2.82. The first-order chi connectivity index (χ1) is 6.63. The minimum Gasteiger partial charge on any atom is -0.383 e. The monoisotopic (exact) mass is 192 g/mol. The molecule has 1 atom stereocenters. The fourth-order valence-electron chi connectivity index (χ4n) is 2.15. The van der Waals surface area contributed by atoms with Gasteiger partial charge in [-0.25, -0.2) is 9.97 Å². The van der Waals surface area contributed by atoms with E-state index in [1.807, 2.05) is 6.92 Å². The highest BCUT2D eigenvalue weighted by Gasteiger charge is 2.29. The van der Waals surface area contributed by atoms with Crippen molar-refractivity contribution >= 4 is 5.82 Å². The fourth-order valence-corrected chi connectivity index (χ4v) is 2.15. The first kappa shape index (κ1) is 9.40. The van der Waals surface area contributed by atoms with Crippen molar-refractivity contribution in [1.29, 1.82) is 0 Å². The summed E-state index contributed by atoms with van der Waals surface area (Å²) >= 11 is 0. The SMILES string of the molecule is CCC1c2nc(C)nc(N)c2CN1C. The Morgan fingerprint density at radius 2 is 2.21 bits per heavy atom. The summed E-state index contributed by atoms with van der Waals surface area (Å²) in [4.78, 5) is 10.9. The van der Waals surface area contributed by atoms with Crippen LogP contribution in [0, 0.1) is 6.92 Å². The lowest BCUT2D eigenvalue weighted by Gasteiger charge is -2.16. The molecule has 1 aliphatic heterocycles. The molecule has 0 radical (unpaired) electrons. The molecule has 0 fully saturated rings. The summed E-state index contributed by atoms with van der Waals surface area (Å²) in [5, 5.41) is 0. The number of aromatic nitrogens is 2. The van der Waals surface area contributed by atoms with E-state index >= 15 is 0 Å². The van der Waals surface area contributed by atoms with Crippen molar-refractivity contribution < 1.29 is 0 Å². The molecule has 0 bridgehead atoms. The van der Waals surface area contributed by atoms with Gasteiger partial charge >= 0.3 is 0 Å². The smallest absolute Gasteiger partial charge is 0.131 e. The van der Waals surface area contributed by atoms with Crippen LogP contribution >= 0.6 is 0 Å². The van der Waals surface area contributed by atoms with Gasteiger partial charge in [0.2, 0.25) is 0 Å². The second-order valence-corrected chi connectivity index (χ2v) is 3.86. The number of nitrogens with two attached hydrogens (primary N) is 1. The van der Waals surface area contributed by atoms with Crippen LogP contribution in [0.5, 0.6) is 0 Å². The summed E-state index contributed by atoms with van der Waals surface area (Å²) in [7, 11) is 2.10. The Balaban J connectivity index is 2.53. The molecule has 4 heteroatoms. The molecule has 2 heterocycles. The number of hydrogen-bond donors (Lipinski definition) is 1. The van der Waals surface area contributed by atoms with Crippen LogP contribution in [0.25, 0.3) is 0 Å². The molecule has 1 aromatic rings. The molecule has 0 amide bonds. The first-order valence-corrected chi connectivity index (χ1v) is 4.96. The van der Waals surface area contributed by atoms with E-state index < -0.39 is 0 Å². The van der Waals surface area contributed by atoms with Gasteiger partial charge in [0.25, 0.3) is 0 Å². The van der Waals surface area contributed by atoms with E-state index in [0.29, 0.717) is 11.9 Å². The van der Waals surface area contributed by atoms with Gasteiger partial charge in [0.05, 0.1) is 11.7 Å². The van der Waals surface area contributed by atoms with Crippen LogP contribution < -0.4 is 5.73 Å². The summed E-state index contributed by atoms with van der Waals surface area (Å²) in [5.41, 5.74) is 8.11. The van der Waals surface area contributed by atoms with Gasteiger partial charge < -0.3 is 5.73 Å². The van der Waals surface area contributed by atoms with Gasteiger partial charge in [-0.05, 0) is 20.4 Å². The van der Waals surface area contributed by atoms with Crippen molar-refractivity contribution in [1.82, 2.24) is 14.9 Å². The number of anilines is 1. The zero-order valence-electron chi connectivity index (χ0n) is 8.91. The second kappa shape index (κ2) is 3.20. The van der Waals surface area contributed by atoms with E-state index in [1.54, 1.807) is 0 Å². The highest BCUT2D eigenvalue weighted by Crippen LogP contribution is 2.35. The van der Waals surface area contributed by atoms with E-state index in [2.05, 4.69) is 28.8 Å².